The zero-order chi connectivity index (χ0) is 21.6. The fraction of sp³-hybridized carbons (Fsp3) is 0.727. The Bertz CT molecular complexity index is 839. The van der Waals surface area contributed by atoms with Gasteiger partial charge in [-0.15, -0.1) is 0 Å². The fourth-order valence-corrected chi connectivity index (χ4v) is 7.25. The van der Waals surface area contributed by atoms with E-state index in [4.69, 9.17) is 0 Å². The van der Waals surface area contributed by atoms with Gasteiger partial charge in [-0.05, 0) is 55.7 Å². The number of carbonyl (C=O) groups is 2. The molecule has 4 aliphatic rings. The highest BCUT2D eigenvalue weighted by atomic mass is 19.1. The summed E-state index contributed by atoms with van der Waals surface area (Å²) in [4.78, 5) is 24.3. The van der Waals surface area contributed by atoms with E-state index in [-0.39, 0.29) is 24.8 Å². The van der Waals surface area contributed by atoms with Crippen molar-refractivity contribution in [1.29, 1.82) is 0 Å². The van der Waals surface area contributed by atoms with Crippen LogP contribution in [0.4, 0.5) is 8.78 Å². The quantitative estimate of drug-likeness (QED) is 0.646. The molecular weight excluding hydrogens is 382 g/mol. The van der Waals surface area contributed by atoms with Crippen molar-refractivity contribution >= 4 is 11.6 Å². The molecule has 5 nitrogen and oxygen atoms in total. The van der Waals surface area contributed by atoms with Crippen molar-refractivity contribution in [3.63, 3.8) is 0 Å². The van der Waals surface area contributed by atoms with Crippen molar-refractivity contribution in [3.05, 3.63) is 23.8 Å². The number of hydrogen-bond donors (Lipinski definition) is 3. The second-order valence-electron chi connectivity index (χ2n) is 9.84. The molecule has 0 radical (unpaired) electrons. The summed E-state index contributed by atoms with van der Waals surface area (Å²) < 4.78 is 32.1. The van der Waals surface area contributed by atoms with Crippen LogP contribution in [0.1, 0.15) is 40.0 Å². The van der Waals surface area contributed by atoms with Crippen molar-refractivity contribution < 1.29 is 33.7 Å². The van der Waals surface area contributed by atoms with E-state index in [1.54, 1.807) is 13.8 Å². The lowest BCUT2D eigenvalue weighted by molar-refractivity contribution is -0.223. The summed E-state index contributed by atoms with van der Waals surface area (Å²) in [5.41, 5.74) is -6.81. The third-order valence-corrected chi connectivity index (χ3v) is 8.78. The minimum absolute atomic E-state index is 0.0409. The van der Waals surface area contributed by atoms with Crippen molar-refractivity contribution in [2.45, 2.75) is 63.6 Å². The van der Waals surface area contributed by atoms with E-state index in [9.17, 15) is 24.9 Å². The van der Waals surface area contributed by atoms with Gasteiger partial charge in [0.1, 0.15) is 18.4 Å². The normalized spacial score (nSPS) is 53.7. The zero-order valence-corrected chi connectivity index (χ0v) is 16.9. The van der Waals surface area contributed by atoms with E-state index in [0.717, 1.165) is 6.08 Å². The minimum atomic E-state index is -2.24. The SMILES string of the molecule is C[C@@H]1C[C@H]2[C@H]3C[C@H](F)C4=CC(=O)C=C[C@]4(C)[C@@]3(F)[C@@H](O)C[C@]2(C)[C@@]1(O)C(=O)CO. The second-order valence-corrected chi connectivity index (χ2v) is 9.84. The van der Waals surface area contributed by atoms with Crippen LogP contribution in [0, 0.1) is 28.6 Å². The molecule has 0 amide bonds. The molecule has 7 heteroatoms. The number of aliphatic hydroxyl groups is 3. The van der Waals surface area contributed by atoms with E-state index < -0.39 is 70.3 Å². The molecule has 3 N–H and O–H groups in total. The number of allylic oxidation sites excluding steroid dienone is 4. The Morgan fingerprint density at radius 2 is 1.93 bits per heavy atom. The van der Waals surface area contributed by atoms with E-state index in [1.165, 1.54) is 19.1 Å². The van der Waals surface area contributed by atoms with Crippen LogP contribution in [0.2, 0.25) is 0 Å². The Kier molecular flexibility index (Phi) is 4.34. The van der Waals surface area contributed by atoms with Gasteiger partial charge >= 0.3 is 0 Å². The summed E-state index contributed by atoms with van der Waals surface area (Å²) in [6.45, 7) is 3.96. The van der Waals surface area contributed by atoms with Gasteiger partial charge in [-0.1, -0.05) is 19.9 Å². The molecule has 0 aromatic carbocycles. The van der Waals surface area contributed by atoms with E-state index in [0.29, 0.717) is 0 Å². The molecule has 29 heavy (non-hydrogen) atoms. The summed E-state index contributed by atoms with van der Waals surface area (Å²) in [5.74, 6) is -3.24. The van der Waals surface area contributed by atoms with Crippen LogP contribution in [-0.4, -0.2) is 57.0 Å². The van der Waals surface area contributed by atoms with E-state index >= 15 is 8.78 Å². The first kappa shape index (κ1) is 20.8. The number of fused-ring (bicyclic) bond motifs is 5. The lowest BCUT2D eigenvalue weighted by Crippen LogP contribution is -2.70. The number of alkyl halides is 2. The van der Waals surface area contributed by atoms with Gasteiger partial charge in [0, 0.05) is 16.7 Å². The number of Topliss-reactive ketones (excluding diaryl/α,β-unsaturated/α-hetero) is 1. The van der Waals surface area contributed by atoms with Gasteiger partial charge in [0.25, 0.3) is 0 Å². The van der Waals surface area contributed by atoms with Gasteiger partial charge in [-0.3, -0.25) is 9.59 Å². The number of hydrogen-bond acceptors (Lipinski definition) is 5. The molecule has 0 aromatic heterocycles. The predicted molar refractivity (Wildman–Crippen MR) is 100 cm³/mol. The molecule has 160 valence electrons. The van der Waals surface area contributed by atoms with E-state index in [2.05, 4.69) is 0 Å². The number of rotatable bonds is 2. The molecule has 0 unspecified atom stereocenters. The molecule has 0 saturated heterocycles. The number of halogens is 2. The smallest absolute Gasteiger partial charge is 0.190 e. The maximum Gasteiger partial charge on any atom is 0.190 e. The standard InChI is InChI=1S/C22H28F2O5/c1-11-6-13-14-8-16(23)15-7-12(26)4-5-19(15,2)21(14,24)17(27)9-20(13,3)22(11,29)18(28)10-25/h4-5,7,11,13-14,16-17,25,27,29H,6,8-10H2,1-3H3/t11-,13+,14-,16+,17+,19+,20+,21+,22+/m1/s1. The lowest BCUT2D eigenvalue weighted by atomic mass is 9.44. The molecule has 4 rings (SSSR count). The topological polar surface area (TPSA) is 94.8 Å². The van der Waals surface area contributed by atoms with Gasteiger partial charge < -0.3 is 15.3 Å². The summed E-state index contributed by atoms with van der Waals surface area (Å²) in [5, 5.41) is 31.9. The molecule has 0 heterocycles. The molecule has 3 fully saturated rings. The lowest BCUT2D eigenvalue weighted by Gasteiger charge is -2.63. The number of carbonyl (C=O) groups excluding carboxylic acids is 2. The third kappa shape index (κ3) is 2.19. The molecule has 3 saturated carbocycles. The van der Waals surface area contributed by atoms with Gasteiger partial charge in [-0.25, -0.2) is 8.78 Å². The van der Waals surface area contributed by atoms with E-state index in [1.807, 2.05) is 0 Å². The van der Waals surface area contributed by atoms with Gasteiger partial charge in [0.2, 0.25) is 0 Å². The predicted octanol–water partition coefficient (Wildman–Crippen LogP) is 1.84. The van der Waals surface area contributed by atoms with Crippen molar-refractivity contribution in [2.75, 3.05) is 6.61 Å². The van der Waals surface area contributed by atoms with Crippen molar-refractivity contribution in [2.24, 2.45) is 28.6 Å². The highest BCUT2D eigenvalue weighted by Crippen LogP contribution is 2.70. The first-order valence-electron chi connectivity index (χ1n) is 10.2. The number of aliphatic hydroxyl groups excluding tert-OH is 2. The Morgan fingerprint density at radius 1 is 1.28 bits per heavy atom. The van der Waals surface area contributed by atoms with Crippen LogP contribution in [0.5, 0.6) is 0 Å². The summed E-state index contributed by atoms with van der Waals surface area (Å²) >= 11 is 0. The first-order chi connectivity index (χ1) is 13.4. The van der Waals surface area contributed by atoms with Gasteiger partial charge in [0.15, 0.2) is 17.2 Å². The first-order valence-corrected chi connectivity index (χ1v) is 10.2. The molecule has 0 aliphatic heterocycles. The Morgan fingerprint density at radius 3 is 2.55 bits per heavy atom. The highest BCUT2D eigenvalue weighted by molar-refractivity contribution is 6.01. The largest absolute Gasteiger partial charge is 0.390 e. The van der Waals surface area contributed by atoms with Crippen LogP contribution < -0.4 is 0 Å². The van der Waals surface area contributed by atoms with Crippen LogP contribution in [-0.2, 0) is 9.59 Å². The maximum absolute atomic E-state index is 16.9. The van der Waals surface area contributed by atoms with Crippen LogP contribution >= 0.6 is 0 Å². The van der Waals surface area contributed by atoms with Gasteiger partial charge in [-0.2, -0.15) is 0 Å². The van der Waals surface area contributed by atoms with Crippen molar-refractivity contribution in [3.8, 4) is 0 Å². The molecule has 9 atom stereocenters. The molecule has 0 aromatic rings. The summed E-state index contributed by atoms with van der Waals surface area (Å²) in [7, 11) is 0. The average molecular weight is 410 g/mol. The Balaban J connectivity index is 1.87. The molecule has 4 aliphatic carbocycles. The Hall–Kier alpha value is -1.44. The summed E-state index contributed by atoms with van der Waals surface area (Å²) in [6.07, 6.45) is 0.427. The van der Waals surface area contributed by atoms with Crippen molar-refractivity contribution in [1.82, 2.24) is 0 Å². The van der Waals surface area contributed by atoms with Gasteiger partial charge in [0.05, 0.1) is 6.10 Å². The highest BCUT2D eigenvalue weighted by Gasteiger charge is 2.76. The third-order valence-electron chi connectivity index (χ3n) is 8.78. The van der Waals surface area contributed by atoms with Crippen LogP contribution in [0.15, 0.2) is 23.8 Å². The summed E-state index contributed by atoms with van der Waals surface area (Å²) in [6, 6.07) is 0. The average Bonchev–Trinajstić information content (AvgIpc) is 2.86. The van der Waals surface area contributed by atoms with Crippen LogP contribution in [0.3, 0.4) is 0 Å². The van der Waals surface area contributed by atoms with Crippen LogP contribution in [0.25, 0.3) is 0 Å². The molecule has 0 bridgehead atoms. The second kappa shape index (κ2) is 6.05. The minimum Gasteiger partial charge on any atom is -0.390 e. The number of ketones is 2. The Labute approximate surface area is 168 Å². The molecule has 0 spiro atoms. The maximum atomic E-state index is 16.9. The monoisotopic (exact) mass is 410 g/mol. The molecular formula is C22H28F2O5. The fourth-order valence-electron chi connectivity index (χ4n) is 7.25. The zero-order valence-electron chi connectivity index (χ0n) is 16.9.